The maximum Gasteiger partial charge on any atom is 0.0667 e. The van der Waals surface area contributed by atoms with E-state index in [2.05, 4.69) is 22.2 Å². The third-order valence-electron chi connectivity index (χ3n) is 5.57. The lowest BCUT2D eigenvalue weighted by atomic mass is 10.0. The van der Waals surface area contributed by atoms with Crippen LogP contribution in [0.2, 0.25) is 0 Å². The van der Waals surface area contributed by atoms with Crippen molar-refractivity contribution >= 4 is 0 Å². The molecule has 3 saturated heterocycles. The van der Waals surface area contributed by atoms with E-state index >= 15 is 0 Å². The Morgan fingerprint density at radius 2 is 1.47 bits per heavy atom. The number of fused-ring (bicyclic) bond motifs is 1. The van der Waals surface area contributed by atoms with Crippen LogP contribution in [0.1, 0.15) is 67.2 Å². The number of likely N-dealkylation sites (N-methyl/N-ethyl adjacent to an activating group) is 1. The first-order valence-electron chi connectivity index (χ1n) is 12.3. The zero-order valence-corrected chi connectivity index (χ0v) is 22.1. The second-order valence-corrected chi connectivity index (χ2v) is 7.52. The fraction of sp³-hybridized carbons (Fsp3) is 1.00. The van der Waals surface area contributed by atoms with E-state index in [1.807, 2.05) is 48.7 Å². The summed E-state index contributed by atoms with van der Waals surface area (Å²) in [6, 6.07) is 1.50. The number of methoxy groups -OCH3 is 3. The average molecular weight is 434 g/mol. The summed E-state index contributed by atoms with van der Waals surface area (Å²) in [6.45, 7) is 19.2. The van der Waals surface area contributed by atoms with Crippen molar-refractivity contribution in [3.8, 4) is 0 Å². The number of ether oxygens (including phenoxy) is 3. The molecule has 0 radical (unpaired) electrons. The van der Waals surface area contributed by atoms with Crippen LogP contribution in [0, 0.1) is 0 Å². The maximum atomic E-state index is 5.25. The number of hydrogen-bond acceptors (Lipinski definition) is 6. The van der Waals surface area contributed by atoms with Crippen LogP contribution in [0.3, 0.4) is 0 Å². The minimum absolute atomic E-state index is 0.101. The molecular weight excluding hydrogens is 378 g/mol. The highest BCUT2D eigenvalue weighted by Crippen LogP contribution is 2.26. The highest BCUT2D eigenvalue weighted by atomic mass is 16.5. The average Bonchev–Trinajstić information content (AvgIpc) is 3.41. The lowest BCUT2D eigenvalue weighted by Crippen LogP contribution is -2.51. The molecule has 0 saturated carbocycles. The van der Waals surface area contributed by atoms with E-state index in [1.54, 1.807) is 14.2 Å². The SMILES string of the molecule is CC.CC.CC.COCC1(COC)CCCN1.COCC1CCC2CN(C)CCN12. The molecule has 0 aromatic rings. The predicted molar refractivity (Wildman–Crippen MR) is 131 cm³/mol. The van der Waals surface area contributed by atoms with E-state index in [9.17, 15) is 0 Å². The molecule has 6 nitrogen and oxygen atoms in total. The van der Waals surface area contributed by atoms with Gasteiger partial charge in [0.05, 0.1) is 25.4 Å². The molecule has 3 fully saturated rings. The molecule has 2 atom stereocenters. The zero-order valence-electron chi connectivity index (χ0n) is 22.1. The normalized spacial score (nSPS) is 24.6. The molecule has 0 aromatic carbocycles. The molecule has 6 heteroatoms. The van der Waals surface area contributed by atoms with E-state index in [-0.39, 0.29) is 5.54 Å². The Balaban J connectivity index is 0. The van der Waals surface area contributed by atoms with Crippen LogP contribution >= 0.6 is 0 Å². The third-order valence-corrected chi connectivity index (χ3v) is 5.57. The van der Waals surface area contributed by atoms with Crippen molar-refractivity contribution < 1.29 is 14.2 Å². The van der Waals surface area contributed by atoms with E-state index < -0.39 is 0 Å². The van der Waals surface area contributed by atoms with Gasteiger partial charge in [0.25, 0.3) is 0 Å². The molecule has 184 valence electrons. The van der Waals surface area contributed by atoms with Gasteiger partial charge in [0.2, 0.25) is 0 Å². The molecule has 0 spiro atoms. The van der Waals surface area contributed by atoms with Crippen molar-refractivity contribution in [2.24, 2.45) is 0 Å². The van der Waals surface area contributed by atoms with Crippen LogP contribution < -0.4 is 5.32 Å². The first kappa shape index (κ1) is 31.9. The molecule has 3 aliphatic heterocycles. The van der Waals surface area contributed by atoms with Gasteiger partial charge in [-0.2, -0.15) is 0 Å². The summed E-state index contributed by atoms with van der Waals surface area (Å²) in [4.78, 5) is 5.08. The molecule has 0 bridgehead atoms. The Kier molecular flexibility index (Phi) is 22.0. The fourth-order valence-electron chi connectivity index (χ4n) is 4.39. The monoisotopic (exact) mass is 433 g/mol. The van der Waals surface area contributed by atoms with E-state index in [4.69, 9.17) is 14.2 Å². The summed E-state index contributed by atoms with van der Waals surface area (Å²) in [5, 5.41) is 3.42. The summed E-state index contributed by atoms with van der Waals surface area (Å²) in [5.41, 5.74) is 0.101. The lowest BCUT2D eigenvalue weighted by molar-refractivity contribution is 0.0526. The molecule has 30 heavy (non-hydrogen) atoms. The minimum atomic E-state index is 0.101. The largest absolute Gasteiger partial charge is 0.383 e. The zero-order chi connectivity index (χ0) is 23.4. The molecular formula is C24H55N3O3. The van der Waals surface area contributed by atoms with Crippen molar-refractivity contribution in [3.05, 3.63) is 0 Å². The highest BCUT2D eigenvalue weighted by molar-refractivity contribution is 4.93. The predicted octanol–water partition coefficient (Wildman–Crippen LogP) is 3.89. The second-order valence-electron chi connectivity index (χ2n) is 7.52. The Morgan fingerprint density at radius 1 is 0.867 bits per heavy atom. The van der Waals surface area contributed by atoms with E-state index in [1.165, 1.54) is 38.9 Å². The smallest absolute Gasteiger partial charge is 0.0667 e. The van der Waals surface area contributed by atoms with Crippen molar-refractivity contribution in [2.75, 3.05) is 74.4 Å². The van der Waals surface area contributed by atoms with Gasteiger partial charge < -0.3 is 24.4 Å². The molecule has 3 heterocycles. The van der Waals surface area contributed by atoms with Crippen LogP contribution in [0.4, 0.5) is 0 Å². The van der Waals surface area contributed by atoms with Gasteiger partial charge in [-0.3, -0.25) is 4.90 Å². The summed E-state index contributed by atoms with van der Waals surface area (Å²) >= 11 is 0. The first-order valence-corrected chi connectivity index (χ1v) is 12.3. The molecule has 0 aliphatic carbocycles. The molecule has 1 N–H and O–H groups in total. The van der Waals surface area contributed by atoms with Gasteiger partial charge in [0.15, 0.2) is 0 Å². The molecule has 3 rings (SSSR count). The van der Waals surface area contributed by atoms with Crippen LogP contribution in [-0.4, -0.2) is 102 Å². The summed E-state index contributed by atoms with van der Waals surface area (Å²) in [7, 11) is 7.50. The number of piperazine rings is 1. The van der Waals surface area contributed by atoms with Gasteiger partial charge >= 0.3 is 0 Å². The van der Waals surface area contributed by atoms with Crippen molar-refractivity contribution in [1.82, 2.24) is 15.1 Å². The van der Waals surface area contributed by atoms with Gasteiger partial charge in [0, 0.05) is 53.0 Å². The Labute approximate surface area is 189 Å². The topological polar surface area (TPSA) is 46.2 Å². The van der Waals surface area contributed by atoms with Crippen LogP contribution in [0.15, 0.2) is 0 Å². The quantitative estimate of drug-likeness (QED) is 0.686. The van der Waals surface area contributed by atoms with Crippen LogP contribution in [0.5, 0.6) is 0 Å². The molecule has 2 unspecified atom stereocenters. The maximum absolute atomic E-state index is 5.25. The number of rotatable bonds is 6. The van der Waals surface area contributed by atoms with Crippen LogP contribution in [0.25, 0.3) is 0 Å². The molecule has 3 aliphatic rings. The highest BCUT2D eigenvalue weighted by Gasteiger charge is 2.36. The fourth-order valence-corrected chi connectivity index (χ4v) is 4.39. The Hall–Kier alpha value is -0.240. The summed E-state index contributed by atoms with van der Waals surface area (Å²) in [6.07, 6.45) is 5.08. The lowest BCUT2D eigenvalue weighted by Gasteiger charge is -2.38. The van der Waals surface area contributed by atoms with E-state index in [0.29, 0.717) is 6.04 Å². The second kappa shape index (κ2) is 20.7. The van der Waals surface area contributed by atoms with Gasteiger partial charge in [-0.25, -0.2) is 0 Å². The van der Waals surface area contributed by atoms with E-state index in [0.717, 1.165) is 38.8 Å². The first-order chi connectivity index (χ1) is 14.6. The van der Waals surface area contributed by atoms with Crippen molar-refractivity contribution in [2.45, 2.75) is 84.8 Å². The van der Waals surface area contributed by atoms with Crippen LogP contribution in [-0.2, 0) is 14.2 Å². The van der Waals surface area contributed by atoms with Crippen molar-refractivity contribution in [1.29, 1.82) is 0 Å². The summed E-state index contributed by atoms with van der Waals surface area (Å²) in [5.74, 6) is 0. The summed E-state index contributed by atoms with van der Waals surface area (Å²) < 4.78 is 15.5. The molecule has 0 amide bonds. The Morgan fingerprint density at radius 3 is 1.93 bits per heavy atom. The van der Waals surface area contributed by atoms with Gasteiger partial charge in [-0.05, 0) is 39.3 Å². The minimum Gasteiger partial charge on any atom is -0.383 e. The molecule has 0 aromatic heterocycles. The van der Waals surface area contributed by atoms with Crippen molar-refractivity contribution in [3.63, 3.8) is 0 Å². The number of nitrogens with zero attached hydrogens (tertiary/aromatic N) is 2. The number of hydrogen-bond donors (Lipinski definition) is 1. The number of nitrogens with one attached hydrogen (secondary N) is 1. The van der Waals surface area contributed by atoms with Gasteiger partial charge in [0.1, 0.15) is 0 Å². The Bertz CT molecular complexity index is 339. The van der Waals surface area contributed by atoms with Gasteiger partial charge in [-0.15, -0.1) is 0 Å². The third kappa shape index (κ3) is 11.4. The standard InChI is InChI=1S/C10H20N2O.C8H17NO2.3C2H6/c1-11-5-6-12-9(7-11)3-4-10(12)8-13-2;1-10-6-8(7-11-2)4-3-5-9-8;3*1-2/h9-10H,3-8H2,1-2H3;9H,3-7H2,1-2H3;3*1-2H3. The van der Waals surface area contributed by atoms with Gasteiger partial charge in [-0.1, -0.05) is 41.5 Å².